The number of nitrogens with one attached hydrogen (secondary N) is 2. The molecule has 3 amide bonds. The van der Waals surface area contributed by atoms with Crippen LogP contribution in [0.2, 0.25) is 0 Å². The molecule has 0 bridgehead atoms. The van der Waals surface area contributed by atoms with E-state index in [2.05, 4.69) is 15.5 Å². The number of nitrogens with zero attached hydrogens (tertiary/aromatic N) is 2. The molecular formula is C24H32N4O3S. The second kappa shape index (κ2) is 10.3. The number of hydrogen-bond donors (Lipinski definition) is 2. The minimum absolute atomic E-state index is 0.0121. The molecule has 1 fully saturated rings. The van der Waals surface area contributed by atoms with Crippen LogP contribution in [-0.4, -0.2) is 60.2 Å². The fraction of sp³-hybridized carbons (Fsp3) is 0.458. The van der Waals surface area contributed by atoms with E-state index < -0.39 is 5.41 Å². The molecule has 2 N–H and O–H groups in total. The normalized spacial score (nSPS) is 14.8. The first-order valence-electron chi connectivity index (χ1n) is 10.9. The van der Waals surface area contributed by atoms with Crippen molar-refractivity contribution in [2.75, 3.05) is 38.0 Å². The van der Waals surface area contributed by atoms with Crippen LogP contribution < -0.4 is 10.6 Å². The van der Waals surface area contributed by atoms with Crippen molar-refractivity contribution in [3.8, 4) is 0 Å². The Hall–Kier alpha value is -2.71. The third kappa shape index (κ3) is 6.40. The molecule has 1 aromatic carbocycles. The van der Waals surface area contributed by atoms with E-state index in [-0.39, 0.29) is 17.7 Å². The van der Waals surface area contributed by atoms with E-state index in [9.17, 15) is 14.4 Å². The molecule has 172 valence electrons. The zero-order valence-corrected chi connectivity index (χ0v) is 20.1. The van der Waals surface area contributed by atoms with Crippen molar-refractivity contribution in [3.05, 3.63) is 52.4 Å². The molecule has 8 heteroatoms. The third-order valence-corrected chi connectivity index (χ3v) is 6.53. The van der Waals surface area contributed by atoms with Crippen LogP contribution in [0.5, 0.6) is 0 Å². The lowest BCUT2D eigenvalue weighted by molar-refractivity contribution is -0.123. The molecular weight excluding hydrogens is 424 g/mol. The third-order valence-electron chi connectivity index (χ3n) is 5.39. The summed E-state index contributed by atoms with van der Waals surface area (Å²) < 4.78 is 0. The maximum Gasteiger partial charge on any atom is 0.264 e. The first kappa shape index (κ1) is 23.9. The van der Waals surface area contributed by atoms with Gasteiger partial charge in [-0.1, -0.05) is 51.1 Å². The molecule has 32 heavy (non-hydrogen) atoms. The van der Waals surface area contributed by atoms with Crippen LogP contribution in [0.25, 0.3) is 0 Å². The largest absolute Gasteiger partial charge is 0.351 e. The van der Waals surface area contributed by atoms with Crippen molar-refractivity contribution in [1.82, 2.24) is 15.1 Å². The number of thiophene rings is 1. The lowest BCUT2D eigenvalue weighted by Gasteiger charge is -2.34. The van der Waals surface area contributed by atoms with Gasteiger partial charge in [-0.15, -0.1) is 11.3 Å². The highest BCUT2D eigenvalue weighted by atomic mass is 32.1. The molecule has 2 aromatic rings. The molecule has 0 aliphatic carbocycles. The summed E-state index contributed by atoms with van der Waals surface area (Å²) in [7, 11) is 0. The summed E-state index contributed by atoms with van der Waals surface area (Å²) in [5, 5.41) is 6.55. The summed E-state index contributed by atoms with van der Waals surface area (Å²) in [4.78, 5) is 42.1. The fourth-order valence-corrected chi connectivity index (χ4v) is 4.40. The van der Waals surface area contributed by atoms with Gasteiger partial charge < -0.3 is 15.5 Å². The summed E-state index contributed by atoms with van der Waals surface area (Å²) in [6.07, 6.45) is 0. The second-order valence-electron chi connectivity index (χ2n) is 9.16. The highest BCUT2D eigenvalue weighted by Gasteiger charge is 2.27. The summed E-state index contributed by atoms with van der Waals surface area (Å²) in [6, 6.07) is 11.7. The average molecular weight is 457 g/mol. The molecule has 7 nitrogen and oxygen atoms in total. The molecule has 0 spiro atoms. The maximum absolute atomic E-state index is 13.0. The summed E-state index contributed by atoms with van der Waals surface area (Å²) >= 11 is 1.32. The van der Waals surface area contributed by atoms with Gasteiger partial charge in [0.15, 0.2) is 0 Å². The molecule has 3 rings (SSSR count). The van der Waals surface area contributed by atoms with Crippen LogP contribution >= 0.6 is 11.3 Å². The van der Waals surface area contributed by atoms with Crippen molar-refractivity contribution in [1.29, 1.82) is 0 Å². The minimum Gasteiger partial charge on any atom is -0.351 e. The number of aryl methyl sites for hydroxylation is 1. The maximum atomic E-state index is 13.0. The van der Waals surface area contributed by atoms with Gasteiger partial charge in [-0.05, 0) is 24.1 Å². The topological polar surface area (TPSA) is 81.8 Å². The van der Waals surface area contributed by atoms with Crippen molar-refractivity contribution in [2.24, 2.45) is 5.41 Å². The number of anilines is 1. The predicted octanol–water partition coefficient (Wildman–Crippen LogP) is 3.12. The second-order valence-corrected chi connectivity index (χ2v) is 10.2. The number of rotatable bonds is 6. The smallest absolute Gasteiger partial charge is 0.264 e. The molecule has 0 unspecified atom stereocenters. The highest BCUT2D eigenvalue weighted by molar-refractivity contribution is 7.18. The van der Waals surface area contributed by atoms with Crippen LogP contribution in [-0.2, 0) is 16.1 Å². The SMILES string of the molecule is Cc1cc(NC(=O)C(C)(C)C)sc1C(=O)N1CCN(CC(=O)NCc2ccccc2)CC1. The molecule has 0 radical (unpaired) electrons. The van der Waals surface area contributed by atoms with Crippen LogP contribution in [0.1, 0.15) is 41.6 Å². The Morgan fingerprint density at radius 2 is 1.69 bits per heavy atom. The van der Waals surface area contributed by atoms with Crippen LogP contribution in [0.3, 0.4) is 0 Å². The van der Waals surface area contributed by atoms with E-state index in [1.165, 1.54) is 11.3 Å². The van der Waals surface area contributed by atoms with Gasteiger partial charge in [0.1, 0.15) is 0 Å². The van der Waals surface area contributed by atoms with Crippen molar-refractivity contribution in [2.45, 2.75) is 34.2 Å². The average Bonchev–Trinajstić information content (AvgIpc) is 3.12. The number of hydrogen-bond acceptors (Lipinski definition) is 5. The Balaban J connectivity index is 1.48. The molecule has 1 aromatic heterocycles. The Bertz CT molecular complexity index is 957. The first-order chi connectivity index (χ1) is 15.1. The zero-order chi connectivity index (χ0) is 23.3. The van der Waals surface area contributed by atoms with E-state index in [0.29, 0.717) is 49.1 Å². The molecule has 0 atom stereocenters. The Morgan fingerprint density at radius 1 is 1.03 bits per heavy atom. The van der Waals surface area contributed by atoms with Gasteiger partial charge in [0.05, 0.1) is 16.4 Å². The van der Waals surface area contributed by atoms with Gasteiger partial charge in [0.2, 0.25) is 11.8 Å². The van der Waals surface area contributed by atoms with E-state index in [0.717, 1.165) is 11.1 Å². The van der Waals surface area contributed by atoms with Gasteiger partial charge in [-0.2, -0.15) is 0 Å². The molecule has 1 aliphatic heterocycles. The number of piperazine rings is 1. The van der Waals surface area contributed by atoms with E-state index in [1.807, 2.05) is 69.0 Å². The lowest BCUT2D eigenvalue weighted by Crippen LogP contribution is -2.51. The van der Waals surface area contributed by atoms with Gasteiger partial charge in [0.25, 0.3) is 5.91 Å². The minimum atomic E-state index is -0.494. The number of amides is 3. The first-order valence-corrected chi connectivity index (χ1v) is 11.7. The Labute approximate surface area is 193 Å². The van der Waals surface area contributed by atoms with Crippen LogP contribution in [0.15, 0.2) is 36.4 Å². The van der Waals surface area contributed by atoms with Gasteiger partial charge in [-0.25, -0.2) is 0 Å². The molecule has 1 saturated heterocycles. The van der Waals surface area contributed by atoms with E-state index >= 15 is 0 Å². The van der Waals surface area contributed by atoms with Crippen LogP contribution in [0.4, 0.5) is 5.00 Å². The highest BCUT2D eigenvalue weighted by Crippen LogP contribution is 2.29. The van der Waals surface area contributed by atoms with E-state index in [4.69, 9.17) is 0 Å². The summed E-state index contributed by atoms with van der Waals surface area (Å²) in [5.41, 5.74) is 1.44. The number of benzene rings is 1. The Morgan fingerprint density at radius 3 is 2.31 bits per heavy atom. The summed E-state index contributed by atoms with van der Waals surface area (Å²) in [5.74, 6) is -0.101. The number of carbonyl (C=O) groups is 3. The van der Waals surface area contributed by atoms with Crippen molar-refractivity contribution >= 4 is 34.1 Å². The zero-order valence-electron chi connectivity index (χ0n) is 19.2. The number of carbonyl (C=O) groups excluding carboxylic acids is 3. The van der Waals surface area contributed by atoms with Crippen molar-refractivity contribution < 1.29 is 14.4 Å². The molecule has 2 heterocycles. The van der Waals surface area contributed by atoms with Crippen LogP contribution in [0, 0.1) is 12.3 Å². The Kier molecular flexibility index (Phi) is 7.69. The predicted molar refractivity (Wildman–Crippen MR) is 128 cm³/mol. The van der Waals surface area contributed by atoms with Gasteiger partial charge in [-0.3, -0.25) is 19.3 Å². The molecule has 0 saturated carbocycles. The molecule has 1 aliphatic rings. The van der Waals surface area contributed by atoms with E-state index in [1.54, 1.807) is 0 Å². The quantitative estimate of drug-likeness (QED) is 0.700. The standard InChI is InChI=1S/C24H32N4O3S/c1-17-14-20(26-23(31)24(2,3)4)32-21(17)22(30)28-12-10-27(11-13-28)16-19(29)25-15-18-8-6-5-7-9-18/h5-9,14H,10-13,15-16H2,1-4H3,(H,25,29)(H,26,31). The summed E-state index contributed by atoms with van der Waals surface area (Å²) in [6.45, 7) is 10.8. The van der Waals surface area contributed by atoms with Gasteiger partial charge in [0, 0.05) is 38.1 Å². The lowest BCUT2D eigenvalue weighted by atomic mass is 9.96. The van der Waals surface area contributed by atoms with Crippen molar-refractivity contribution in [3.63, 3.8) is 0 Å². The fourth-order valence-electron chi connectivity index (χ4n) is 3.36. The van der Waals surface area contributed by atoms with Gasteiger partial charge >= 0.3 is 0 Å². The monoisotopic (exact) mass is 456 g/mol.